The van der Waals surface area contributed by atoms with Gasteiger partial charge in [-0.25, -0.2) is 0 Å². The normalized spacial score (nSPS) is 17.3. The Morgan fingerprint density at radius 1 is 0.800 bits per heavy atom. The average Bonchev–Trinajstić information content (AvgIpc) is 2.30. The van der Waals surface area contributed by atoms with Gasteiger partial charge in [-0.1, -0.05) is 0 Å². The number of hydrogen-bond donors (Lipinski definition) is 1. The zero-order chi connectivity index (χ0) is 10.3. The number of aromatic hydroxyl groups is 1. The molecule has 2 aliphatic heterocycles. The zero-order valence-corrected chi connectivity index (χ0v) is 7.99. The Kier molecular flexibility index (Phi) is 1.77. The minimum atomic E-state index is -0.0399. The van der Waals surface area contributed by atoms with E-state index >= 15 is 0 Å². The lowest BCUT2D eigenvalue weighted by molar-refractivity contribution is 0.143. The molecule has 5 nitrogen and oxygen atoms in total. The molecule has 0 bridgehead atoms. The Labute approximate surface area is 86.1 Å². The molecule has 5 heteroatoms. The molecule has 0 aliphatic carbocycles. The largest absolute Gasteiger partial charge is 0.501 e. The molecule has 80 valence electrons. The van der Waals surface area contributed by atoms with E-state index in [4.69, 9.17) is 18.9 Å². The number of rotatable bonds is 0. The first kappa shape index (κ1) is 8.52. The number of ether oxygens (including phenoxy) is 4. The van der Waals surface area contributed by atoms with E-state index in [-0.39, 0.29) is 5.75 Å². The van der Waals surface area contributed by atoms with Crippen LogP contribution in [0.4, 0.5) is 0 Å². The standard InChI is InChI=1S/C10H10O5/c11-8-9-6(12-1-3-14-9)5-7-10(8)15-4-2-13-7/h5,11H,1-4H2. The summed E-state index contributed by atoms with van der Waals surface area (Å²) in [5.41, 5.74) is 0. The third-order valence-electron chi connectivity index (χ3n) is 2.31. The van der Waals surface area contributed by atoms with Gasteiger partial charge in [0.1, 0.15) is 26.4 Å². The molecule has 1 aromatic rings. The van der Waals surface area contributed by atoms with E-state index in [2.05, 4.69) is 0 Å². The van der Waals surface area contributed by atoms with Crippen LogP contribution in [0, 0.1) is 0 Å². The van der Waals surface area contributed by atoms with Gasteiger partial charge in [-0.15, -0.1) is 0 Å². The predicted molar refractivity (Wildman–Crippen MR) is 50.1 cm³/mol. The predicted octanol–water partition coefficient (Wildman–Crippen LogP) is 0.935. The van der Waals surface area contributed by atoms with Gasteiger partial charge in [0.15, 0.2) is 11.5 Å². The first-order valence-electron chi connectivity index (χ1n) is 4.77. The zero-order valence-electron chi connectivity index (χ0n) is 7.99. The second-order valence-corrected chi connectivity index (χ2v) is 3.27. The molecular formula is C10H10O5. The highest BCUT2D eigenvalue weighted by Crippen LogP contribution is 2.51. The van der Waals surface area contributed by atoms with E-state index in [1.807, 2.05) is 0 Å². The molecule has 0 saturated carbocycles. The second-order valence-electron chi connectivity index (χ2n) is 3.27. The Balaban J connectivity index is 2.16. The Hall–Kier alpha value is -1.78. The molecule has 2 aliphatic rings. The summed E-state index contributed by atoms with van der Waals surface area (Å²) in [5.74, 6) is 1.64. The van der Waals surface area contributed by atoms with Crippen molar-refractivity contribution in [3.8, 4) is 28.7 Å². The highest BCUT2D eigenvalue weighted by Gasteiger charge is 2.26. The van der Waals surface area contributed by atoms with Crippen LogP contribution in [-0.4, -0.2) is 31.5 Å². The molecule has 0 unspecified atom stereocenters. The molecule has 0 atom stereocenters. The van der Waals surface area contributed by atoms with Crippen molar-refractivity contribution in [2.75, 3.05) is 26.4 Å². The minimum Gasteiger partial charge on any atom is -0.501 e. The van der Waals surface area contributed by atoms with Gasteiger partial charge < -0.3 is 24.1 Å². The van der Waals surface area contributed by atoms with Crippen molar-refractivity contribution in [1.82, 2.24) is 0 Å². The first-order valence-corrected chi connectivity index (χ1v) is 4.77. The lowest BCUT2D eigenvalue weighted by Gasteiger charge is -2.24. The van der Waals surface area contributed by atoms with Gasteiger partial charge >= 0.3 is 0 Å². The molecule has 0 fully saturated rings. The average molecular weight is 210 g/mol. The van der Waals surface area contributed by atoms with Crippen LogP contribution in [0.3, 0.4) is 0 Å². The molecule has 0 spiro atoms. The Morgan fingerprint density at radius 2 is 1.27 bits per heavy atom. The smallest absolute Gasteiger partial charge is 0.208 e. The van der Waals surface area contributed by atoms with Gasteiger partial charge in [0, 0.05) is 6.07 Å². The van der Waals surface area contributed by atoms with Crippen molar-refractivity contribution < 1.29 is 24.1 Å². The molecule has 1 N–H and O–H groups in total. The van der Waals surface area contributed by atoms with Gasteiger partial charge in [0.2, 0.25) is 17.2 Å². The van der Waals surface area contributed by atoms with Crippen LogP contribution in [0.15, 0.2) is 6.07 Å². The fourth-order valence-corrected chi connectivity index (χ4v) is 1.67. The number of fused-ring (bicyclic) bond motifs is 2. The van der Waals surface area contributed by atoms with Crippen molar-refractivity contribution in [3.63, 3.8) is 0 Å². The van der Waals surface area contributed by atoms with E-state index in [0.29, 0.717) is 49.4 Å². The molecule has 3 rings (SSSR count). The molecule has 0 saturated heterocycles. The number of phenolic OH excluding ortho intramolecular Hbond substituents is 1. The van der Waals surface area contributed by atoms with E-state index in [0.717, 1.165) is 0 Å². The van der Waals surface area contributed by atoms with Crippen LogP contribution in [-0.2, 0) is 0 Å². The van der Waals surface area contributed by atoms with Crippen molar-refractivity contribution >= 4 is 0 Å². The van der Waals surface area contributed by atoms with Crippen LogP contribution in [0.1, 0.15) is 0 Å². The van der Waals surface area contributed by atoms with Crippen molar-refractivity contribution in [2.45, 2.75) is 0 Å². The van der Waals surface area contributed by atoms with Crippen LogP contribution < -0.4 is 18.9 Å². The number of benzene rings is 1. The summed E-state index contributed by atoms with van der Waals surface area (Å²) in [6.45, 7) is 1.82. The third-order valence-corrected chi connectivity index (χ3v) is 2.31. The van der Waals surface area contributed by atoms with E-state index in [1.54, 1.807) is 6.07 Å². The molecule has 1 aromatic carbocycles. The van der Waals surface area contributed by atoms with Crippen LogP contribution in [0.25, 0.3) is 0 Å². The molecule has 0 aromatic heterocycles. The first-order chi connectivity index (χ1) is 7.36. The van der Waals surface area contributed by atoms with Gasteiger partial charge in [-0.05, 0) is 0 Å². The topological polar surface area (TPSA) is 57.2 Å². The number of hydrogen-bond acceptors (Lipinski definition) is 5. The third kappa shape index (κ3) is 1.23. The quantitative estimate of drug-likeness (QED) is 0.690. The summed E-state index contributed by atoms with van der Waals surface area (Å²) in [5, 5.41) is 9.87. The lowest BCUT2D eigenvalue weighted by Crippen LogP contribution is -2.19. The highest BCUT2D eigenvalue weighted by atomic mass is 16.6. The van der Waals surface area contributed by atoms with Gasteiger partial charge in [0.25, 0.3) is 0 Å². The molecular weight excluding hydrogens is 200 g/mol. The lowest BCUT2D eigenvalue weighted by atomic mass is 10.2. The monoisotopic (exact) mass is 210 g/mol. The minimum absolute atomic E-state index is 0.0399. The van der Waals surface area contributed by atoms with E-state index in [1.165, 1.54) is 0 Å². The maximum atomic E-state index is 9.87. The summed E-state index contributed by atoms with van der Waals surface area (Å²) in [7, 11) is 0. The van der Waals surface area contributed by atoms with Gasteiger partial charge in [0.05, 0.1) is 0 Å². The van der Waals surface area contributed by atoms with Gasteiger partial charge in [-0.2, -0.15) is 0 Å². The summed E-state index contributed by atoms with van der Waals surface area (Å²) in [4.78, 5) is 0. The van der Waals surface area contributed by atoms with Crippen LogP contribution >= 0.6 is 0 Å². The van der Waals surface area contributed by atoms with Crippen molar-refractivity contribution in [2.24, 2.45) is 0 Å². The fraction of sp³-hybridized carbons (Fsp3) is 0.400. The maximum absolute atomic E-state index is 9.87. The summed E-state index contributed by atoms with van der Waals surface area (Å²) < 4.78 is 21.3. The van der Waals surface area contributed by atoms with E-state index in [9.17, 15) is 5.11 Å². The van der Waals surface area contributed by atoms with E-state index < -0.39 is 0 Å². The van der Waals surface area contributed by atoms with Crippen LogP contribution in [0.5, 0.6) is 28.7 Å². The van der Waals surface area contributed by atoms with Crippen molar-refractivity contribution in [1.29, 1.82) is 0 Å². The van der Waals surface area contributed by atoms with Gasteiger partial charge in [-0.3, -0.25) is 0 Å². The molecule has 0 amide bonds. The molecule has 15 heavy (non-hydrogen) atoms. The molecule has 2 heterocycles. The SMILES string of the molecule is Oc1c2c(cc3c1OCCO3)OCCO2. The fourth-order valence-electron chi connectivity index (χ4n) is 1.67. The second kappa shape index (κ2) is 3.12. The summed E-state index contributed by atoms with van der Waals surface area (Å²) in [6.07, 6.45) is 0. The maximum Gasteiger partial charge on any atom is 0.208 e. The summed E-state index contributed by atoms with van der Waals surface area (Å²) >= 11 is 0. The van der Waals surface area contributed by atoms with Crippen LogP contribution in [0.2, 0.25) is 0 Å². The highest BCUT2D eigenvalue weighted by molar-refractivity contribution is 5.65. The number of phenols is 1. The Bertz CT molecular complexity index is 367. The molecule has 0 radical (unpaired) electrons. The van der Waals surface area contributed by atoms with Crippen molar-refractivity contribution in [3.05, 3.63) is 6.07 Å². The Morgan fingerprint density at radius 3 is 1.80 bits per heavy atom. The summed E-state index contributed by atoms with van der Waals surface area (Å²) in [6, 6.07) is 1.68.